The highest BCUT2D eigenvalue weighted by Gasteiger charge is 2.18. The molecule has 0 unspecified atom stereocenters. The molecule has 1 saturated carbocycles. The van der Waals surface area contributed by atoms with Crippen molar-refractivity contribution in [2.24, 2.45) is 5.73 Å². The Balaban J connectivity index is 2.13. The van der Waals surface area contributed by atoms with Crippen LogP contribution in [0.3, 0.4) is 0 Å². The van der Waals surface area contributed by atoms with Crippen molar-refractivity contribution in [1.82, 2.24) is 0 Å². The van der Waals surface area contributed by atoms with Gasteiger partial charge in [-0.05, 0) is 49.5 Å². The van der Waals surface area contributed by atoms with Crippen molar-refractivity contribution in [3.05, 3.63) is 29.8 Å². The van der Waals surface area contributed by atoms with Gasteiger partial charge in [0.25, 0.3) is 0 Å². The lowest BCUT2D eigenvalue weighted by Gasteiger charge is -2.16. The van der Waals surface area contributed by atoms with Crippen LogP contribution in [0.15, 0.2) is 24.3 Å². The molecule has 2 N–H and O–H groups in total. The molecule has 1 aromatic carbocycles. The van der Waals surface area contributed by atoms with Gasteiger partial charge in [-0.25, -0.2) is 0 Å². The summed E-state index contributed by atoms with van der Waals surface area (Å²) in [4.78, 5) is 10.7. The largest absolute Gasteiger partial charge is 0.493 e. The van der Waals surface area contributed by atoms with Gasteiger partial charge in [0, 0.05) is 6.08 Å². The molecule has 1 aliphatic rings. The van der Waals surface area contributed by atoms with E-state index in [1.807, 2.05) is 18.2 Å². The molecule has 0 heterocycles. The third-order valence-corrected chi connectivity index (χ3v) is 3.22. The minimum atomic E-state index is -0.467. The molecule has 1 aliphatic carbocycles. The number of rotatable bonds is 5. The monoisotopic (exact) mass is 261 g/mol. The van der Waals surface area contributed by atoms with Crippen LogP contribution in [-0.4, -0.2) is 19.1 Å². The van der Waals surface area contributed by atoms with Crippen molar-refractivity contribution in [2.45, 2.75) is 31.8 Å². The molecule has 4 nitrogen and oxygen atoms in total. The van der Waals surface area contributed by atoms with Crippen LogP contribution < -0.4 is 15.2 Å². The number of primary amides is 1. The maximum atomic E-state index is 10.7. The molecular formula is C15H19NO3. The molecule has 1 amide bonds. The molecule has 1 fully saturated rings. The number of hydrogen-bond acceptors (Lipinski definition) is 3. The van der Waals surface area contributed by atoms with Crippen LogP contribution in [0.2, 0.25) is 0 Å². The summed E-state index contributed by atoms with van der Waals surface area (Å²) in [6, 6.07) is 5.59. The zero-order chi connectivity index (χ0) is 13.7. The summed E-state index contributed by atoms with van der Waals surface area (Å²) < 4.78 is 11.3. The number of ether oxygens (including phenoxy) is 2. The number of benzene rings is 1. The van der Waals surface area contributed by atoms with Crippen LogP contribution in [-0.2, 0) is 4.79 Å². The van der Waals surface area contributed by atoms with Gasteiger partial charge in [-0.2, -0.15) is 0 Å². The minimum absolute atomic E-state index is 0.293. The van der Waals surface area contributed by atoms with Crippen LogP contribution in [0.25, 0.3) is 6.08 Å². The standard InChI is InChI=1S/C15H19NO3/c1-18-14-10-11(7-9-15(16)17)6-8-13(14)19-12-4-2-3-5-12/h6-10,12H,2-5H2,1H3,(H2,16,17)/b9-7-. The minimum Gasteiger partial charge on any atom is -0.493 e. The lowest BCUT2D eigenvalue weighted by atomic mass is 10.2. The fourth-order valence-corrected chi connectivity index (χ4v) is 2.25. The lowest BCUT2D eigenvalue weighted by Crippen LogP contribution is -2.11. The summed E-state index contributed by atoms with van der Waals surface area (Å²) in [5.41, 5.74) is 5.92. The van der Waals surface area contributed by atoms with Crippen molar-refractivity contribution < 1.29 is 14.3 Å². The first-order chi connectivity index (χ1) is 9.19. The molecule has 0 bridgehead atoms. The quantitative estimate of drug-likeness (QED) is 0.828. The average molecular weight is 261 g/mol. The van der Waals surface area contributed by atoms with Crippen LogP contribution in [0.1, 0.15) is 31.2 Å². The molecule has 0 spiro atoms. The maximum Gasteiger partial charge on any atom is 0.241 e. The van der Waals surface area contributed by atoms with E-state index in [0.717, 1.165) is 24.2 Å². The summed E-state index contributed by atoms with van der Waals surface area (Å²) in [6.07, 6.45) is 7.94. The van der Waals surface area contributed by atoms with E-state index in [1.165, 1.54) is 18.9 Å². The molecule has 102 valence electrons. The molecule has 0 atom stereocenters. The van der Waals surface area contributed by atoms with Crippen molar-refractivity contribution in [3.63, 3.8) is 0 Å². The maximum absolute atomic E-state index is 10.7. The molecule has 0 radical (unpaired) electrons. The van der Waals surface area contributed by atoms with Crippen LogP contribution in [0.5, 0.6) is 11.5 Å². The number of carbonyl (C=O) groups excluding carboxylic acids is 1. The van der Waals surface area contributed by atoms with Crippen LogP contribution in [0, 0.1) is 0 Å². The van der Waals surface area contributed by atoms with Gasteiger partial charge in [0.1, 0.15) is 0 Å². The van der Waals surface area contributed by atoms with Gasteiger partial charge in [0.2, 0.25) is 5.91 Å². The summed E-state index contributed by atoms with van der Waals surface area (Å²) in [7, 11) is 1.61. The highest BCUT2D eigenvalue weighted by atomic mass is 16.5. The fourth-order valence-electron chi connectivity index (χ4n) is 2.25. The van der Waals surface area contributed by atoms with Crippen molar-refractivity contribution in [3.8, 4) is 11.5 Å². The number of hydrogen-bond donors (Lipinski definition) is 1. The molecular weight excluding hydrogens is 242 g/mol. The number of methoxy groups -OCH3 is 1. The Morgan fingerprint density at radius 1 is 1.32 bits per heavy atom. The van der Waals surface area contributed by atoms with Crippen molar-refractivity contribution in [2.75, 3.05) is 7.11 Å². The summed E-state index contributed by atoms with van der Waals surface area (Å²) in [5, 5.41) is 0. The van der Waals surface area contributed by atoms with Crippen molar-refractivity contribution >= 4 is 12.0 Å². The Morgan fingerprint density at radius 2 is 2.05 bits per heavy atom. The van der Waals surface area contributed by atoms with Gasteiger partial charge in [-0.15, -0.1) is 0 Å². The van der Waals surface area contributed by atoms with E-state index >= 15 is 0 Å². The Hall–Kier alpha value is -1.97. The average Bonchev–Trinajstić information content (AvgIpc) is 2.90. The second-order valence-electron chi connectivity index (χ2n) is 4.67. The number of nitrogens with two attached hydrogens (primary N) is 1. The third-order valence-electron chi connectivity index (χ3n) is 3.22. The molecule has 19 heavy (non-hydrogen) atoms. The van der Waals surface area contributed by atoms with E-state index in [2.05, 4.69) is 0 Å². The highest BCUT2D eigenvalue weighted by Crippen LogP contribution is 2.32. The van der Waals surface area contributed by atoms with Gasteiger partial charge in [-0.3, -0.25) is 4.79 Å². The van der Waals surface area contributed by atoms with Crippen molar-refractivity contribution in [1.29, 1.82) is 0 Å². The second kappa shape index (κ2) is 6.27. The highest BCUT2D eigenvalue weighted by molar-refractivity contribution is 5.90. The Bertz CT molecular complexity index is 476. The Labute approximate surface area is 113 Å². The lowest BCUT2D eigenvalue weighted by molar-refractivity contribution is -0.113. The predicted molar refractivity (Wildman–Crippen MR) is 74.1 cm³/mol. The SMILES string of the molecule is COc1cc(/C=C\C(N)=O)ccc1OC1CCCC1. The van der Waals surface area contributed by atoms with Crippen LogP contribution >= 0.6 is 0 Å². The van der Waals surface area contributed by atoms with E-state index in [-0.39, 0.29) is 0 Å². The number of carbonyl (C=O) groups is 1. The Kier molecular flexibility index (Phi) is 4.44. The van der Waals surface area contributed by atoms with Gasteiger partial charge in [0.15, 0.2) is 11.5 Å². The van der Waals surface area contributed by atoms with Gasteiger partial charge in [0.05, 0.1) is 13.2 Å². The summed E-state index contributed by atoms with van der Waals surface area (Å²) in [5.74, 6) is 0.967. The van der Waals surface area contributed by atoms with Gasteiger partial charge >= 0.3 is 0 Å². The predicted octanol–water partition coefficient (Wildman–Crippen LogP) is 2.52. The molecule has 2 rings (SSSR count). The normalized spacial score (nSPS) is 15.8. The molecule has 0 saturated heterocycles. The first kappa shape index (κ1) is 13.5. The third kappa shape index (κ3) is 3.74. The molecule has 0 aliphatic heterocycles. The van der Waals surface area contributed by atoms with E-state index in [1.54, 1.807) is 13.2 Å². The van der Waals surface area contributed by atoms with E-state index in [9.17, 15) is 4.79 Å². The molecule has 4 heteroatoms. The first-order valence-corrected chi connectivity index (χ1v) is 6.51. The van der Waals surface area contributed by atoms with E-state index in [0.29, 0.717) is 11.9 Å². The van der Waals surface area contributed by atoms with Crippen LogP contribution in [0.4, 0.5) is 0 Å². The smallest absolute Gasteiger partial charge is 0.241 e. The summed E-state index contributed by atoms with van der Waals surface area (Å²) in [6.45, 7) is 0. The number of amides is 1. The first-order valence-electron chi connectivity index (χ1n) is 6.51. The summed E-state index contributed by atoms with van der Waals surface area (Å²) >= 11 is 0. The Morgan fingerprint density at radius 3 is 2.68 bits per heavy atom. The van der Waals surface area contributed by atoms with Gasteiger partial charge < -0.3 is 15.2 Å². The molecule has 1 aromatic rings. The molecule has 0 aromatic heterocycles. The zero-order valence-electron chi connectivity index (χ0n) is 11.1. The topological polar surface area (TPSA) is 61.5 Å². The van der Waals surface area contributed by atoms with E-state index in [4.69, 9.17) is 15.2 Å². The van der Waals surface area contributed by atoms with E-state index < -0.39 is 5.91 Å². The van der Waals surface area contributed by atoms with Gasteiger partial charge in [-0.1, -0.05) is 6.07 Å². The zero-order valence-corrected chi connectivity index (χ0v) is 11.1. The fraction of sp³-hybridized carbons (Fsp3) is 0.400. The second-order valence-corrected chi connectivity index (χ2v) is 4.67.